The molecule has 0 unspecified atom stereocenters. The molecule has 2 atom stereocenters. The van der Waals surface area contributed by atoms with Crippen LogP contribution in [0.5, 0.6) is 5.75 Å². The van der Waals surface area contributed by atoms with Crippen molar-refractivity contribution in [2.75, 3.05) is 7.11 Å². The SMILES string of the molecule is COc1ccc([C@H](O)[C@@H]2CCc3ccccc3C2=O)cc1. The van der Waals surface area contributed by atoms with Crippen molar-refractivity contribution < 1.29 is 14.6 Å². The highest BCUT2D eigenvalue weighted by Crippen LogP contribution is 2.34. The molecule has 1 aliphatic carbocycles. The van der Waals surface area contributed by atoms with Gasteiger partial charge in [-0.3, -0.25) is 4.79 Å². The van der Waals surface area contributed by atoms with Gasteiger partial charge in [0.25, 0.3) is 0 Å². The van der Waals surface area contributed by atoms with Crippen LogP contribution in [-0.4, -0.2) is 18.0 Å². The molecule has 0 fully saturated rings. The van der Waals surface area contributed by atoms with Crippen LogP contribution < -0.4 is 4.74 Å². The molecule has 0 heterocycles. The van der Waals surface area contributed by atoms with Crippen molar-refractivity contribution in [1.29, 1.82) is 0 Å². The lowest BCUT2D eigenvalue weighted by Gasteiger charge is -2.27. The topological polar surface area (TPSA) is 46.5 Å². The highest BCUT2D eigenvalue weighted by atomic mass is 16.5. The summed E-state index contributed by atoms with van der Waals surface area (Å²) in [5.74, 6) is 0.416. The zero-order valence-electron chi connectivity index (χ0n) is 12.0. The van der Waals surface area contributed by atoms with Crippen LogP contribution in [0.15, 0.2) is 48.5 Å². The molecule has 1 N–H and O–H groups in total. The maximum Gasteiger partial charge on any atom is 0.169 e. The lowest BCUT2D eigenvalue weighted by molar-refractivity contribution is 0.0637. The fraction of sp³-hybridized carbons (Fsp3) is 0.278. The highest BCUT2D eigenvalue weighted by Gasteiger charge is 2.33. The van der Waals surface area contributed by atoms with Gasteiger partial charge in [-0.1, -0.05) is 36.4 Å². The Morgan fingerprint density at radius 1 is 1.14 bits per heavy atom. The van der Waals surface area contributed by atoms with E-state index in [2.05, 4.69) is 0 Å². The Balaban J connectivity index is 1.85. The summed E-state index contributed by atoms with van der Waals surface area (Å²) < 4.78 is 5.11. The standard InChI is InChI=1S/C18H18O3/c1-21-14-9-6-13(7-10-14)17(19)16-11-8-12-4-2-3-5-15(12)18(16)20/h2-7,9-10,16-17,19H,8,11H2,1H3/t16-,17-/m0/s1. The summed E-state index contributed by atoms with van der Waals surface area (Å²) in [6.07, 6.45) is 0.750. The second-order valence-electron chi connectivity index (χ2n) is 5.38. The molecule has 0 aromatic heterocycles. The van der Waals surface area contributed by atoms with Gasteiger partial charge >= 0.3 is 0 Å². The number of hydrogen-bond acceptors (Lipinski definition) is 3. The Morgan fingerprint density at radius 3 is 2.57 bits per heavy atom. The normalized spacial score (nSPS) is 19.0. The van der Waals surface area contributed by atoms with Crippen molar-refractivity contribution in [2.45, 2.75) is 18.9 Å². The van der Waals surface area contributed by atoms with Crippen LogP contribution in [-0.2, 0) is 6.42 Å². The molecule has 0 radical (unpaired) electrons. The Labute approximate surface area is 124 Å². The molecule has 2 aromatic carbocycles. The van der Waals surface area contributed by atoms with Crippen molar-refractivity contribution in [3.63, 3.8) is 0 Å². The molecule has 108 valence electrons. The van der Waals surface area contributed by atoms with E-state index in [1.807, 2.05) is 36.4 Å². The molecular weight excluding hydrogens is 264 g/mol. The molecule has 0 bridgehead atoms. The molecule has 2 aromatic rings. The van der Waals surface area contributed by atoms with Crippen LogP contribution in [0.4, 0.5) is 0 Å². The van der Waals surface area contributed by atoms with Gasteiger partial charge in [-0.15, -0.1) is 0 Å². The summed E-state index contributed by atoms with van der Waals surface area (Å²) in [7, 11) is 1.60. The van der Waals surface area contributed by atoms with Gasteiger partial charge in [-0.2, -0.15) is 0 Å². The number of ketones is 1. The number of aliphatic hydroxyl groups excluding tert-OH is 1. The van der Waals surface area contributed by atoms with Crippen LogP contribution in [0.25, 0.3) is 0 Å². The van der Waals surface area contributed by atoms with E-state index in [0.29, 0.717) is 6.42 Å². The minimum atomic E-state index is -0.767. The first kappa shape index (κ1) is 13.8. The van der Waals surface area contributed by atoms with E-state index in [1.54, 1.807) is 19.2 Å². The third-order valence-electron chi connectivity index (χ3n) is 4.18. The third kappa shape index (κ3) is 2.57. The minimum absolute atomic E-state index is 0.0418. The van der Waals surface area contributed by atoms with E-state index in [0.717, 1.165) is 28.9 Å². The van der Waals surface area contributed by atoms with Crippen LogP contribution in [0.1, 0.15) is 34.0 Å². The molecule has 0 aliphatic heterocycles. The summed E-state index contributed by atoms with van der Waals surface area (Å²) in [6.45, 7) is 0. The van der Waals surface area contributed by atoms with Crippen molar-refractivity contribution in [1.82, 2.24) is 0 Å². The Bertz CT molecular complexity index is 646. The maximum atomic E-state index is 12.6. The third-order valence-corrected chi connectivity index (χ3v) is 4.18. The number of aryl methyl sites for hydroxylation is 1. The fourth-order valence-corrected chi connectivity index (χ4v) is 2.96. The zero-order chi connectivity index (χ0) is 14.8. The molecule has 0 saturated carbocycles. The summed E-state index contributed by atoms with van der Waals surface area (Å²) in [6, 6.07) is 14.9. The van der Waals surface area contributed by atoms with Crippen LogP contribution >= 0.6 is 0 Å². The number of benzene rings is 2. The van der Waals surface area contributed by atoms with E-state index in [1.165, 1.54) is 0 Å². The first-order chi connectivity index (χ1) is 10.2. The lowest BCUT2D eigenvalue weighted by atomic mass is 9.78. The number of aliphatic hydroxyl groups is 1. The Kier molecular flexibility index (Phi) is 3.76. The largest absolute Gasteiger partial charge is 0.497 e. The van der Waals surface area contributed by atoms with Gasteiger partial charge in [0.2, 0.25) is 0 Å². The summed E-state index contributed by atoms with van der Waals surface area (Å²) >= 11 is 0. The number of ether oxygens (including phenoxy) is 1. The quantitative estimate of drug-likeness (QED) is 0.940. The number of carbonyl (C=O) groups is 1. The van der Waals surface area contributed by atoms with Crippen LogP contribution in [0, 0.1) is 5.92 Å². The Hall–Kier alpha value is -2.13. The fourth-order valence-electron chi connectivity index (χ4n) is 2.96. The van der Waals surface area contributed by atoms with Crippen molar-refractivity contribution in [3.8, 4) is 5.75 Å². The second-order valence-corrected chi connectivity index (χ2v) is 5.38. The first-order valence-electron chi connectivity index (χ1n) is 7.15. The maximum absolute atomic E-state index is 12.6. The Morgan fingerprint density at radius 2 is 1.86 bits per heavy atom. The van der Waals surface area contributed by atoms with E-state index in [4.69, 9.17) is 4.74 Å². The van der Waals surface area contributed by atoms with Gasteiger partial charge in [-0.25, -0.2) is 0 Å². The zero-order valence-corrected chi connectivity index (χ0v) is 12.0. The average Bonchev–Trinajstić information content (AvgIpc) is 2.55. The van der Waals surface area contributed by atoms with Crippen LogP contribution in [0.3, 0.4) is 0 Å². The summed E-state index contributed by atoms with van der Waals surface area (Å²) in [5, 5.41) is 10.5. The average molecular weight is 282 g/mol. The smallest absolute Gasteiger partial charge is 0.169 e. The molecule has 1 aliphatic rings. The number of fused-ring (bicyclic) bond motifs is 1. The number of Topliss-reactive ketones (excluding diaryl/α,β-unsaturated/α-hetero) is 1. The van der Waals surface area contributed by atoms with Gasteiger partial charge in [0.1, 0.15) is 5.75 Å². The molecule has 0 spiro atoms. The molecule has 0 amide bonds. The predicted octanol–water partition coefficient (Wildman–Crippen LogP) is 3.17. The monoisotopic (exact) mass is 282 g/mol. The van der Waals surface area contributed by atoms with Gasteiger partial charge in [0.15, 0.2) is 5.78 Å². The lowest BCUT2D eigenvalue weighted by Crippen LogP contribution is -2.28. The number of methoxy groups -OCH3 is 1. The number of carbonyl (C=O) groups excluding carboxylic acids is 1. The summed E-state index contributed by atoms with van der Waals surface area (Å²) in [4.78, 5) is 12.6. The number of rotatable bonds is 3. The molecule has 3 heteroatoms. The van der Waals surface area contributed by atoms with Crippen molar-refractivity contribution in [2.24, 2.45) is 5.92 Å². The number of hydrogen-bond donors (Lipinski definition) is 1. The highest BCUT2D eigenvalue weighted by molar-refractivity contribution is 6.00. The van der Waals surface area contributed by atoms with E-state index >= 15 is 0 Å². The van der Waals surface area contributed by atoms with E-state index in [9.17, 15) is 9.90 Å². The van der Waals surface area contributed by atoms with Gasteiger partial charge in [0.05, 0.1) is 19.1 Å². The van der Waals surface area contributed by atoms with Crippen LogP contribution in [0.2, 0.25) is 0 Å². The minimum Gasteiger partial charge on any atom is -0.497 e. The predicted molar refractivity (Wildman–Crippen MR) is 80.5 cm³/mol. The van der Waals surface area contributed by atoms with Crippen molar-refractivity contribution >= 4 is 5.78 Å². The molecule has 3 nitrogen and oxygen atoms in total. The van der Waals surface area contributed by atoms with Gasteiger partial charge in [-0.05, 0) is 36.1 Å². The molecule has 0 saturated heterocycles. The summed E-state index contributed by atoms with van der Waals surface area (Å²) in [5.41, 5.74) is 2.59. The van der Waals surface area contributed by atoms with Gasteiger partial charge in [0, 0.05) is 5.56 Å². The van der Waals surface area contributed by atoms with E-state index < -0.39 is 6.10 Å². The molecular formula is C18H18O3. The molecule has 21 heavy (non-hydrogen) atoms. The first-order valence-corrected chi connectivity index (χ1v) is 7.15. The second kappa shape index (κ2) is 5.70. The van der Waals surface area contributed by atoms with Crippen molar-refractivity contribution in [3.05, 3.63) is 65.2 Å². The van der Waals surface area contributed by atoms with Gasteiger partial charge < -0.3 is 9.84 Å². The van der Waals surface area contributed by atoms with E-state index in [-0.39, 0.29) is 11.7 Å². The molecule has 3 rings (SSSR count).